The molecule has 0 radical (unpaired) electrons. The SMILES string of the molecule is Cn1nc2c(c1Br)CS(=O)(=O)CC2. The van der Waals surface area contributed by atoms with Gasteiger partial charge in [0.25, 0.3) is 0 Å². The van der Waals surface area contributed by atoms with Gasteiger partial charge in [0.2, 0.25) is 0 Å². The minimum atomic E-state index is -2.89. The fourth-order valence-corrected chi connectivity index (χ4v) is 3.51. The summed E-state index contributed by atoms with van der Waals surface area (Å²) in [5, 5.41) is 4.22. The van der Waals surface area contributed by atoms with E-state index in [-0.39, 0.29) is 11.5 Å². The monoisotopic (exact) mass is 264 g/mol. The molecule has 13 heavy (non-hydrogen) atoms. The molecule has 0 saturated carbocycles. The molecule has 2 rings (SSSR count). The van der Waals surface area contributed by atoms with Crippen LogP contribution < -0.4 is 0 Å². The predicted octanol–water partition coefficient (Wildman–Crippen LogP) is 0.654. The van der Waals surface area contributed by atoms with Crippen LogP contribution in [-0.4, -0.2) is 24.0 Å². The standard InChI is InChI=1S/C7H9BrN2O2S/c1-10-7(8)5-4-13(11,12)3-2-6(5)9-10/h2-4H2,1H3. The summed E-state index contributed by atoms with van der Waals surface area (Å²) in [6.07, 6.45) is 0.539. The summed E-state index contributed by atoms with van der Waals surface area (Å²) in [7, 11) is -1.09. The smallest absolute Gasteiger partial charge is 0.155 e. The molecule has 0 bridgehead atoms. The van der Waals surface area contributed by atoms with Gasteiger partial charge in [0.15, 0.2) is 9.84 Å². The molecule has 6 heteroatoms. The first-order valence-corrected chi connectivity index (χ1v) is 6.52. The maximum Gasteiger partial charge on any atom is 0.155 e. The highest BCUT2D eigenvalue weighted by Gasteiger charge is 2.26. The average Bonchev–Trinajstić information content (AvgIpc) is 2.29. The number of hydrogen-bond acceptors (Lipinski definition) is 3. The number of rotatable bonds is 0. The molecule has 0 atom stereocenters. The van der Waals surface area contributed by atoms with E-state index in [1.165, 1.54) is 0 Å². The van der Waals surface area contributed by atoms with E-state index < -0.39 is 9.84 Å². The second-order valence-corrected chi connectivity index (χ2v) is 6.12. The van der Waals surface area contributed by atoms with Crippen LogP contribution in [0.5, 0.6) is 0 Å². The number of fused-ring (bicyclic) bond motifs is 1. The molecule has 1 aromatic heterocycles. The number of aromatic nitrogens is 2. The van der Waals surface area contributed by atoms with Gasteiger partial charge in [-0.15, -0.1) is 0 Å². The fourth-order valence-electron chi connectivity index (χ4n) is 1.49. The molecule has 72 valence electrons. The summed E-state index contributed by atoms with van der Waals surface area (Å²) in [6, 6.07) is 0. The molecule has 1 aliphatic rings. The van der Waals surface area contributed by atoms with Crippen LogP contribution in [0.1, 0.15) is 11.3 Å². The molecule has 0 saturated heterocycles. The maximum absolute atomic E-state index is 11.3. The zero-order valence-corrected chi connectivity index (χ0v) is 9.52. The van der Waals surface area contributed by atoms with Crippen molar-refractivity contribution < 1.29 is 8.42 Å². The zero-order valence-electron chi connectivity index (χ0n) is 7.12. The lowest BCUT2D eigenvalue weighted by atomic mass is 10.2. The van der Waals surface area contributed by atoms with Crippen LogP contribution in [0.2, 0.25) is 0 Å². The third-order valence-electron chi connectivity index (χ3n) is 2.17. The van der Waals surface area contributed by atoms with Crippen molar-refractivity contribution in [3.8, 4) is 0 Å². The zero-order chi connectivity index (χ0) is 9.64. The van der Waals surface area contributed by atoms with Gasteiger partial charge in [0.05, 0.1) is 17.2 Å². The van der Waals surface area contributed by atoms with E-state index in [0.717, 1.165) is 15.9 Å². The van der Waals surface area contributed by atoms with Gasteiger partial charge in [-0.2, -0.15) is 5.10 Å². The summed E-state index contributed by atoms with van der Waals surface area (Å²) in [5.41, 5.74) is 1.73. The van der Waals surface area contributed by atoms with Gasteiger partial charge in [-0.3, -0.25) is 4.68 Å². The Kier molecular flexibility index (Phi) is 1.99. The van der Waals surface area contributed by atoms with Gasteiger partial charge in [0.1, 0.15) is 4.60 Å². The van der Waals surface area contributed by atoms with Crippen LogP contribution in [0.3, 0.4) is 0 Å². The van der Waals surface area contributed by atoms with Gasteiger partial charge in [-0.1, -0.05) is 0 Å². The highest BCUT2D eigenvalue weighted by Crippen LogP contribution is 2.26. The summed E-state index contributed by atoms with van der Waals surface area (Å²) < 4.78 is 25.1. The average molecular weight is 265 g/mol. The lowest BCUT2D eigenvalue weighted by molar-refractivity contribution is 0.591. The topological polar surface area (TPSA) is 52.0 Å². The molecule has 0 amide bonds. The summed E-state index contributed by atoms with van der Waals surface area (Å²) in [5.74, 6) is 0.347. The third kappa shape index (κ3) is 1.52. The van der Waals surface area contributed by atoms with Gasteiger partial charge >= 0.3 is 0 Å². The molecule has 0 N–H and O–H groups in total. The highest BCUT2D eigenvalue weighted by molar-refractivity contribution is 9.10. The quantitative estimate of drug-likeness (QED) is 0.692. The van der Waals surface area contributed by atoms with Crippen molar-refractivity contribution >= 4 is 25.8 Å². The van der Waals surface area contributed by atoms with Crippen LogP contribution in [0.25, 0.3) is 0 Å². The Hall–Kier alpha value is -0.360. The lowest BCUT2D eigenvalue weighted by Crippen LogP contribution is -2.18. The van der Waals surface area contributed by atoms with Gasteiger partial charge in [-0.25, -0.2) is 8.42 Å². The van der Waals surface area contributed by atoms with Crippen LogP contribution in [-0.2, 0) is 29.1 Å². The van der Waals surface area contributed by atoms with Gasteiger partial charge in [0, 0.05) is 19.0 Å². The Morgan fingerprint density at radius 3 is 2.92 bits per heavy atom. The molecule has 4 nitrogen and oxygen atoms in total. The summed E-state index contributed by atoms with van der Waals surface area (Å²) >= 11 is 3.32. The molecule has 0 aromatic carbocycles. The second kappa shape index (κ2) is 2.81. The molecular formula is C7H9BrN2O2S. The minimum absolute atomic E-state index is 0.122. The highest BCUT2D eigenvalue weighted by atomic mass is 79.9. The van der Waals surface area contributed by atoms with Crippen molar-refractivity contribution in [2.45, 2.75) is 12.2 Å². The predicted molar refractivity (Wildman–Crippen MR) is 52.1 cm³/mol. The molecule has 0 fully saturated rings. The Morgan fingerprint density at radius 1 is 1.54 bits per heavy atom. The first kappa shape index (κ1) is 9.21. The summed E-state index contributed by atoms with van der Waals surface area (Å²) in [4.78, 5) is 0. The van der Waals surface area contributed by atoms with Crippen LogP contribution in [0.15, 0.2) is 4.60 Å². The molecule has 0 spiro atoms. The molecule has 1 aliphatic heterocycles. The van der Waals surface area contributed by atoms with Gasteiger partial charge in [-0.05, 0) is 15.9 Å². The lowest BCUT2D eigenvalue weighted by Gasteiger charge is -2.10. The second-order valence-electron chi connectivity index (χ2n) is 3.18. The molecule has 0 unspecified atom stereocenters. The molecule has 2 heterocycles. The molecule has 0 aliphatic carbocycles. The first-order valence-electron chi connectivity index (χ1n) is 3.90. The van der Waals surface area contributed by atoms with Crippen molar-refractivity contribution in [2.75, 3.05) is 5.75 Å². The normalized spacial score (nSPS) is 19.8. The van der Waals surface area contributed by atoms with E-state index in [2.05, 4.69) is 21.0 Å². The number of aryl methyl sites for hydroxylation is 2. The van der Waals surface area contributed by atoms with Crippen molar-refractivity contribution in [1.82, 2.24) is 9.78 Å². The Morgan fingerprint density at radius 2 is 2.23 bits per heavy atom. The Labute approximate surface area is 85.0 Å². The number of nitrogens with zero attached hydrogens (tertiary/aromatic N) is 2. The number of sulfone groups is 1. The van der Waals surface area contributed by atoms with E-state index in [0.29, 0.717) is 6.42 Å². The first-order chi connectivity index (χ1) is 5.99. The van der Waals surface area contributed by atoms with E-state index in [1.54, 1.807) is 11.7 Å². The largest absolute Gasteiger partial charge is 0.261 e. The van der Waals surface area contributed by atoms with E-state index in [9.17, 15) is 8.42 Å². The van der Waals surface area contributed by atoms with E-state index in [4.69, 9.17) is 0 Å². The van der Waals surface area contributed by atoms with Crippen molar-refractivity contribution in [3.05, 3.63) is 15.9 Å². The Balaban J connectivity index is 2.56. The number of hydrogen-bond donors (Lipinski definition) is 0. The maximum atomic E-state index is 11.3. The summed E-state index contributed by atoms with van der Waals surface area (Å²) in [6.45, 7) is 0. The fraction of sp³-hybridized carbons (Fsp3) is 0.571. The minimum Gasteiger partial charge on any atom is -0.261 e. The van der Waals surface area contributed by atoms with Crippen LogP contribution in [0.4, 0.5) is 0 Å². The van der Waals surface area contributed by atoms with E-state index >= 15 is 0 Å². The van der Waals surface area contributed by atoms with E-state index in [1.807, 2.05) is 0 Å². The van der Waals surface area contributed by atoms with Gasteiger partial charge < -0.3 is 0 Å². The van der Waals surface area contributed by atoms with Crippen molar-refractivity contribution in [3.63, 3.8) is 0 Å². The van der Waals surface area contributed by atoms with Crippen LogP contribution in [0, 0.1) is 0 Å². The van der Waals surface area contributed by atoms with Crippen molar-refractivity contribution in [1.29, 1.82) is 0 Å². The van der Waals surface area contributed by atoms with Crippen LogP contribution >= 0.6 is 15.9 Å². The molecule has 1 aromatic rings. The third-order valence-corrected chi connectivity index (χ3v) is 4.71. The van der Waals surface area contributed by atoms with Crippen molar-refractivity contribution in [2.24, 2.45) is 7.05 Å². The Bertz CT molecular complexity index is 449. The number of halogens is 1. The molecular weight excluding hydrogens is 256 g/mol.